The molecule has 104 valence electrons. The first-order chi connectivity index (χ1) is 8.50. The molecule has 5 heteroatoms. The van der Waals surface area contributed by atoms with E-state index in [1.165, 1.54) is 17.7 Å². The van der Waals surface area contributed by atoms with Gasteiger partial charge in [0.05, 0.1) is 0 Å². The Kier molecular flexibility index (Phi) is 6.12. The maximum Gasteiger partial charge on any atom is 0.223 e. The molecular weight excluding hydrogens is 230 g/mol. The molecule has 0 radical (unpaired) electrons. The molecule has 1 heterocycles. The summed E-state index contributed by atoms with van der Waals surface area (Å²) >= 11 is 0. The zero-order chi connectivity index (χ0) is 13.5. The van der Waals surface area contributed by atoms with Crippen molar-refractivity contribution in [1.82, 2.24) is 15.5 Å². The Balaban J connectivity index is 2.19. The fraction of sp³-hybridized carbons (Fsp3) is 0.846. The number of carbonyl (C=O) groups excluding carboxylic acids is 2. The molecule has 0 bridgehead atoms. The summed E-state index contributed by atoms with van der Waals surface area (Å²) in [5.74, 6) is 0.625. The van der Waals surface area contributed by atoms with Gasteiger partial charge in [0.25, 0.3) is 0 Å². The van der Waals surface area contributed by atoms with Gasteiger partial charge in [0.2, 0.25) is 11.8 Å². The molecule has 2 unspecified atom stereocenters. The van der Waals surface area contributed by atoms with Crippen LogP contribution < -0.4 is 10.6 Å². The van der Waals surface area contributed by atoms with Crippen LogP contribution in [-0.4, -0.2) is 49.9 Å². The Morgan fingerprint density at radius 2 is 2.11 bits per heavy atom. The van der Waals surface area contributed by atoms with Crippen LogP contribution in [0.4, 0.5) is 0 Å². The zero-order valence-corrected chi connectivity index (χ0v) is 11.7. The fourth-order valence-electron chi connectivity index (χ4n) is 2.19. The van der Waals surface area contributed by atoms with Gasteiger partial charge in [-0.25, -0.2) is 0 Å². The maximum atomic E-state index is 11.7. The monoisotopic (exact) mass is 255 g/mol. The van der Waals surface area contributed by atoms with Crippen LogP contribution in [0.25, 0.3) is 0 Å². The van der Waals surface area contributed by atoms with Crippen LogP contribution in [0.5, 0.6) is 0 Å². The van der Waals surface area contributed by atoms with E-state index in [-0.39, 0.29) is 17.9 Å². The Hall–Kier alpha value is -1.10. The van der Waals surface area contributed by atoms with Gasteiger partial charge in [-0.1, -0.05) is 6.92 Å². The lowest BCUT2D eigenvalue weighted by molar-refractivity contribution is -0.128. The molecule has 0 aromatic carbocycles. The highest BCUT2D eigenvalue weighted by Gasteiger charge is 2.22. The molecule has 0 saturated carbocycles. The van der Waals surface area contributed by atoms with Crippen molar-refractivity contribution >= 4 is 11.8 Å². The molecule has 2 N–H and O–H groups in total. The molecule has 0 spiro atoms. The van der Waals surface area contributed by atoms with Gasteiger partial charge >= 0.3 is 0 Å². The van der Waals surface area contributed by atoms with Crippen molar-refractivity contribution < 1.29 is 9.59 Å². The predicted octanol–water partition coefficient (Wildman–Crippen LogP) is 0.359. The average molecular weight is 255 g/mol. The van der Waals surface area contributed by atoms with Gasteiger partial charge in [-0.15, -0.1) is 0 Å². The molecule has 5 nitrogen and oxygen atoms in total. The number of hydrogen-bond donors (Lipinski definition) is 2. The number of carbonyl (C=O) groups is 2. The molecule has 0 aromatic heterocycles. The highest BCUT2D eigenvalue weighted by atomic mass is 16.2. The molecular formula is C13H25N3O2. The Morgan fingerprint density at radius 1 is 1.39 bits per heavy atom. The summed E-state index contributed by atoms with van der Waals surface area (Å²) in [4.78, 5) is 24.6. The predicted molar refractivity (Wildman–Crippen MR) is 71.1 cm³/mol. The van der Waals surface area contributed by atoms with Gasteiger partial charge in [-0.05, 0) is 25.3 Å². The van der Waals surface area contributed by atoms with E-state index >= 15 is 0 Å². The summed E-state index contributed by atoms with van der Waals surface area (Å²) < 4.78 is 0. The van der Waals surface area contributed by atoms with Gasteiger partial charge < -0.3 is 15.5 Å². The minimum absolute atomic E-state index is 0.0350. The van der Waals surface area contributed by atoms with E-state index in [9.17, 15) is 9.59 Å². The second-order valence-electron chi connectivity index (χ2n) is 5.27. The number of piperidine rings is 1. The lowest BCUT2D eigenvalue weighted by atomic mass is 9.90. The van der Waals surface area contributed by atoms with Crippen LogP contribution in [0.2, 0.25) is 0 Å². The van der Waals surface area contributed by atoms with Gasteiger partial charge in [0, 0.05) is 39.5 Å². The second kappa shape index (κ2) is 7.36. The smallest absolute Gasteiger partial charge is 0.223 e. The summed E-state index contributed by atoms with van der Waals surface area (Å²) in [5.41, 5.74) is 0. The fourth-order valence-corrected chi connectivity index (χ4v) is 2.19. The molecule has 1 aliphatic heterocycles. The number of nitrogens with one attached hydrogen (secondary N) is 2. The van der Waals surface area contributed by atoms with Crippen LogP contribution in [0, 0.1) is 5.92 Å². The molecule has 0 aromatic rings. The van der Waals surface area contributed by atoms with E-state index in [1.807, 2.05) is 0 Å². The van der Waals surface area contributed by atoms with E-state index in [2.05, 4.69) is 17.6 Å². The highest BCUT2D eigenvalue weighted by Crippen LogP contribution is 2.17. The molecule has 2 atom stereocenters. The first kappa shape index (κ1) is 15.0. The molecule has 0 aliphatic carbocycles. The van der Waals surface area contributed by atoms with E-state index < -0.39 is 0 Å². The summed E-state index contributed by atoms with van der Waals surface area (Å²) in [6.07, 6.45) is 3.25. The van der Waals surface area contributed by atoms with Crippen molar-refractivity contribution in [3.8, 4) is 0 Å². The largest absolute Gasteiger partial charge is 0.356 e. The first-order valence-electron chi connectivity index (χ1n) is 6.71. The van der Waals surface area contributed by atoms with Crippen molar-refractivity contribution in [3.05, 3.63) is 0 Å². The standard InChI is InChI=1S/C13H25N3O2/c1-10-5-4-7-14-11(10)9-12(17)15-8-6-13(18)16(2)3/h10-11,14H,4-9H2,1-3H3,(H,15,17). The van der Waals surface area contributed by atoms with E-state index in [0.29, 0.717) is 25.3 Å². The van der Waals surface area contributed by atoms with Crippen molar-refractivity contribution in [2.24, 2.45) is 5.92 Å². The Labute approximate surface area is 109 Å². The van der Waals surface area contributed by atoms with Crippen LogP contribution in [-0.2, 0) is 9.59 Å². The molecule has 1 aliphatic rings. The summed E-state index contributed by atoms with van der Waals surface area (Å²) in [7, 11) is 3.44. The van der Waals surface area contributed by atoms with E-state index in [4.69, 9.17) is 0 Å². The molecule has 1 saturated heterocycles. The average Bonchev–Trinajstić information content (AvgIpc) is 2.32. The molecule has 1 rings (SSSR count). The third-order valence-electron chi connectivity index (χ3n) is 3.49. The lowest BCUT2D eigenvalue weighted by Crippen LogP contribution is -2.43. The van der Waals surface area contributed by atoms with Crippen molar-refractivity contribution in [1.29, 1.82) is 0 Å². The lowest BCUT2D eigenvalue weighted by Gasteiger charge is -2.29. The molecule has 2 amide bonds. The Morgan fingerprint density at radius 3 is 2.72 bits per heavy atom. The quantitative estimate of drug-likeness (QED) is 0.745. The normalized spacial score (nSPS) is 23.5. The van der Waals surface area contributed by atoms with Crippen LogP contribution in [0.1, 0.15) is 32.6 Å². The topological polar surface area (TPSA) is 61.4 Å². The first-order valence-corrected chi connectivity index (χ1v) is 6.71. The maximum absolute atomic E-state index is 11.7. The Bertz CT molecular complexity index is 292. The number of rotatable bonds is 5. The van der Waals surface area contributed by atoms with E-state index in [0.717, 1.165) is 6.54 Å². The third-order valence-corrected chi connectivity index (χ3v) is 3.49. The van der Waals surface area contributed by atoms with Crippen LogP contribution >= 0.6 is 0 Å². The molecule has 1 fully saturated rings. The van der Waals surface area contributed by atoms with Gasteiger partial charge in [-0.3, -0.25) is 9.59 Å². The summed E-state index contributed by atoms with van der Waals surface area (Å²) in [6, 6.07) is 0.281. The highest BCUT2D eigenvalue weighted by molar-refractivity contribution is 5.79. The van der Waals surface area contributed by atoms with E-state index in [1.54, 1.807) is 14.1 Å². The van der Waals surface area contributed by atoms with Crippen molar-refractivity contribution in [2.75, 3.05) is 27.2 Å². The number of hydrogen-bond acceptors (Lipinski definition) is 3. The van der Waals surface area contributed by atoms with Gasteiger partial charge in [-0.2, -0.15) is 0 Å². The number of nitrogens with zero attached hydrogens (tertiary/aromatic N) is 1. The minimum Gasteiger partial charge on any atom is -0.356 e. The minimum atomic E-state index is 0.0350. The van der Waals surface area contributed by atoms with Crippen LogP contribution in [0.3, 0.4) is 0 Å². The zero-order valence-electron chi connectivity index (χ0n) is 11.7. The number of amides is 2. The summed E-state index contributed by atoms with van der Waals surface area (Å²) in [6.45, 7) is 3.61. The SMILES string of the molecule is CC1CCCNC1CC(=O)NCCC(=O)N(C)C. The van der Waals surface area contributed by atoms with Crippen LogP contribution in [0.15, 0.2) is 0 Å². The van der Waals surface area contributed by atoms with Crippen molar-refractivity contribution in [3.63, 3.8) is 0 Å². The summed E-state index contributed by atoms with van der Waals surface area (Å²) in [5, 5.41) is 6.19. The molecule has 18 heavy (non-hydrogen) atoms. The van der Waals surface area contributed by atoms with Gasteiger partial charge in [0.1, 0.15) is 0 Å². The second-order valence-corrected chi connectivity index (χ2v) is 5.27. The third kappa shape index (κ3) is 5.04. The van der Waals surface area contributed by atoms with Crippen molar-refractivity contribution in [2.45, 2.75) is 38.6 Å². The van der Waals surface area contributed by atoms with Gasteiger partial charge in [0.15, 0.2) is 0 Å².